The monoisotopic (exact) mass is 545 g/mol. The summed E-state index contributed by atoms with van der Waals surface area (Å²) in [5.41, 5.74) is 11.9. The molecule has 1 aromatic heterocycles. The Bertz CT molecular complexity index is 1140. The maximum atomic E-state index is 13.4. The maximum absolute atomic E-state index is 13.4. The van der Waals surface area contributed by atoms with Crippen molar-refractivity contribution in [1.82, 2.24) is 25.9 Å². The summed E-state index contributed by atoms with van der Waals surface area (Å²) in [6.07, 6.45) is 2.74. The lowest BCUT2D eigenvalue weighted by Crippen LogP contribution is -2.59. The van der Waals surface area contributed by atoms with E-state index in [0.29, 0.717) is 17.7 Å². The number of H-pyrrole nitrogens is 1. The minimum absolute atomic E-state index is 0.00105. The van der Waals surface area contributed by atoms with E-state index in [1.54, 1.807) is 26.0 Å². The van der Waals surface area contributed by atoms with Crippen LogP contribution in [0.4, 0.5) is 0 Å². The fraction of sp³-hybridized carbons (Fsp3) is 0.440. The molecule has 0 aliphatic carbocycles. The average Bonchev–Trinajstić information content (AvgIpc) is 3.39. The minimum Gasteiger partial charge on any atom is -0.508 e. The molecule has 0 aliphatic heterocycles. The summed E-state index contributed by atoms with van der Waals surface area (Å²) in [4.78, 5) is 68.8. The molecule has 0 saturated heterocycles. The molecular weight excluding hydrogens is 510 g/mol. The number of nitrogens with two attached hydrogens (primary N) is 2. The van der Waals surface area contributed by atoms with E-state index in [4.69, 9.17) is 11.5 Å². The number of phenolic OH excluding ortho intramolecular Hbond substituents is 1. The fourth-order valence-corrected chi connectivity index (χ4v) is 3.70. The van der Waals surface area contributed by atoms with Gasteiger partial charge >= 0.3 is 5.97 Å². The molecule has 14 nitrogen and oxygen atoms in total. The molecule has 0 fully saturated rings. The molecule has 212 valence electrons. The number of carboxylic acids is 1. The van der Waals surface area contributed by atoms with Crippen molar-refractivity contribution in [2.75, 3.05) is 0 Å². The van der Waals surface area contributed by atoms with Gasteiger partial charge in [-0.3, -0.25) is 19.2 Å². The number of carbonyl (C=O) groups is 5. The summed E-state index contributed by atoms with van der Waals surface area (Å²) >= 11 is 0. The molecule has 0 bridgehead atoms. The predicted octanol–water partition coefficient (Wildman–Crippen LogP) is -1.31. The molecule has 14 heteroatoms. The molecule has 5 unspecified atom stereocenters. The van der Waals surface area contributed by atoms with Crippen molar-refractivity contribution in [3.63, 3.8) is 0 Å². The highest BCUT2D eigenvalue weighted by Crippen LogP contribution is 2.14. The Morgan fingerprint density at radius 2 is 1.62 bits per heavy atom. The van der Waals surface area contributed by atoms with E-state index in [2.05, 4.69) is 25.9 Å². The van der Waals surface area contributed by atoms with Gasteiger partial charge in [0.15, 0.2) is 0 Å². The van der Waals surface area contributed by atoms with Gasteiger partial charge in [0.05, 0.1) is 18.8 Å². The summed E-state index contributed by atoms with van der Waals surface area (Å²) in [7, 11) is 0. The smallest absolute Gasteiger partial charge is 0.326 e. The van der Waals surface area contributed by atoms with Gasteiger partial charge in [-0.05, 0) is 23.6 Å². The first-order valence-corrected chi connectivity index (χ1v) is 12.3. The number of benzene rings is 1. The van der Waals surface area contributed by atoms with Gasteiger partial charge in [-0.2, -0.15) is 0 Å². The number of hydrogen-bond donors (Lipinski definition) is 8. The lowest BCUT2D eigenvalue weighted by molar-refractivity contribution is -0.142. The zero-order valence-electron chi connectivity index (χ0n) is 21.7. The Morgan fingerprint density at radius 1 is 0.974 bits per heavy atom. The number of aromatic hydroxyl groups is 1. The molecule has 1 heterocycles. The van der Waals surface area contributed by atoms with Crippen LogP contribution in [0.1, 0.15) is 37.9 Å². The quantitative estimate of drug-likeness (QED) is 0.132. The Kier molecular flexibility index (Phi) is 11.4. The van der Waals surface area contributed by atoms with E-state index >= 15 is 0 Å². The summed E-state index contributed by atoms with van der Waals surface area (Å²) in [5.74, 6) is -4.71. The van der Waals surface area contributed by atoms with E-state index < -0.39 is 60.2 Å². The molecule has 0 radical (unpaired) electrons. The van der Waals surface area contributed by atoms with Crippen molar-refractivity contribution >= 4 is 29.6 Å². The Balaban J connectivity index is 2.27. The molecule has 2 rings (SSSR count). The summed E-state index contributed by atoms with van der Waals surface area (Å²) in [6, 6.07) is 0.978. The summed E-state index contributed by atoms with van der Waals surface area (Å²) < 4.78 is 0. The number of nitrogens with zero attached hydrogens (tertiary/aromatic N) is 1. The standard InChI is InChI=1S/C25H35N7O7/c1-3-13(2)21(32-22(35)17(26)10-20(27)34)24(37)30-18(8-14-4-6-16(33)7-5-14)23(36)31-19(25(38)39)9-15-11-28-12-29-15/h4-7,11-13,17-19,21,33H,3,8-10,26H2,1-2H3,(H2,27,34)(H,28,29)(H,30,37)(H,31,36)(H,32,35)(H,38,39). The van der Waals surface area contributed by atoms with Crippen molar-refractivity contribution in [1.29, 1.82) is 0 Å². The molecule has 2 aromatic rings. The normalized spacial score (nSPS) is 14.7. The van der Waals surface area contributed by atoms with Crippen LogP contribution in [0.3, 0.4) is 0 Å². The molecule has 0 saturated carbocycles. The van der Waals surface area contributed by atoms with Crippen LogP contribution in [-0.2, 0) is 36.8 Å². The second kappa shape index (κ2) is 14.5. The van der Waals surface area contributed by atoms with Crippen molar-refractivity contribution in [3.05, 3.63) is 48.0 Å². The second-order valence-electron chi connectivity index (χ2n) is 9.26. The third kappa shape index (κ3) is 9.74. The highest BCUT2D eigenvalue weighted by atomic mass is 16.4. The summed E-state index contributed by atoms with van der Waals surface area (Å²) in [5, 5.41) is 26.8. The number of carbonyl (C=O) groups excluding carboxylic acids is 4. The van der Waals surface area contributed by atoms with Gasteiger partial charge in [0.1, 0.15) is 23.9 Å². The molecule has 1 aromatic carbocycles. The van der Waals surface area contributed by atoms with Gasteiger partial charge in [-0.1, -0.05) is 32.4 Å². The first kappa shape index (κ1) is 30.8. The van der Waals surface area contributed by atoms with Crippen LogP contribution in [-0.4, -0.2) is 73.9 Å². The van der Waals surface area contributed by atoms with E-state index in [-0.39, 0.29) is 24.5 Å². The predicted molar refractivity (Wildman–Crippen MR) is 139 cm³/mol. The highest BCUT2D eigenvalue weighted by Gasteiger charge is 2.33. The third-order valence-corrected chi connectivity index (χ3v) is 6.15. The zero-order chi connectivity index (χ0) is 29.1. The average molecular weight is 546 g/mol. The maximum Gasteiger partial charge on any atom is 0.326 e. The van der Waals surface area contributed by atoms with Crippen LogP contribution >= 0.6 is 0 Å². The zero-order valence-corrected chi connectivity index (χ0v) is 21.7. The van der Waals surface area contributed by atoms with Gasteiger partial charge in [0.25, 0.3) is 0 Å². The largest absolute Gasteiger partial charge is 0.508 e. The first-order valence-electron chi connectivity index (χ1n) is 12.3. The number of aliphatic carboxylic acids is 1. The van der Waals surface area contributed by atoms with E-state index in [9.17, 15) is 34.2 Å². The molecule has 10 N–H and O–H groups in total. The van der Waals surface area contributed by atoms with Gasteiger partial charge in [0.2, 0.25) is 23.6 Å². The van der Waals surface area contributed by atoms with Crippen LogP contribution in [0, 0.1) is 5.92 Å². The molecule has 0 spiro atoms. The van der Waals surface area contributed by atoms with Crippen LogP contribution in [0.2, 0.25) is 0 Å². The molecular formula is C25H35N7O7. The Morgan fingerprint density at radius 3 is 2.15 bits per heavy atom. The molecule has 4 amide bonds. The van der Waals surface area contributed by atoms with Crippen molar-refractivity contribution in [2.45, 2.75) is 63.7 Å². The number of imidazole rings is 1. The number of phenols is 1. The number of aromatic nitrogens is 2. The van der Waals surface area contributed by atoms with E-state index in [1.807, 2.05) is 0 Å². The second-order valence-corrected chi connectivity index (χ2v) is 9.26. The van der Waals surface area contributed by atoms with Crippen molar-refractivity contribution in [2.24, 2.45) is 17.4 Å². The van der Waals surface area contributed by atoms with Gasteiger partial charge in [0, 0.05) is 24.7 Å². The number of nitrogens with one attached hydrogen (secondary N) is 4. The van der Waals surface area contributed by atoms with Gasteiger partial charge < -0.3 is 42.6 Å². The Hall–Kier alpha value is -4.46. The van der Waals surface area contributed by atoms with Crippen LogP contribution in [0.5, 0.6) is 5.75 Å². The SMILES string of the molecule is CCC(C)C(NC(=O)C(N)CC(N)=O)C(=O)NC(Cc1ccc(O)cc1)C(=O)NC(Cc1cnc[nH]1)C(=O)O. The van der Waals surface area contributed by atoms with E-state index in [0.717, 1.165) is 0 Å². The number of carboxylic acid groups (broad SMARTS) is 1. The molecule has 0 aliphatic rings. The molecule has 5 atom stereocenters. The lowest BCUT2D eigenvalue weighted by atomic mass is 9.96. The van der Waals surface area contributed by atoms with Gasteiger partial charge in [-0.25, -0.2) is 9.78 Å². The van der Waals surface area contributed by atoms with Crippen LogP contribution < -0.4 is 27.4 Å². The minimum atomic E-state index is -1.32. The first-order chi connectivity index (χ1) is 18.4. The van der Waals surface area contributed by atoms with Crippen molar-refractivity contribution < 1.29 is 34.2 Å². The van der Waals surface area contributed by atoms with E-state index in [1.165, 1.54) is 24.7 Å². The summed E-state index contributed by atoms with van der Waals surface area (Å²) in [6.45, 7) is 3.51. The van der Waals surface area contributed by atoms with Crippen LogP contribution in [0.25, 0.3) is 0 Å². The highest BCUT2D eigenvalue weighted by molar-refractivity contribution is 5.95. The molecule has 39 heavy (non-hydrogen) atoms. The van der Waals surface area contributed by atoms with Gasteiger partial charge in [-0.15, -0.1) is 0 Å². The fourth-order valence-electron chi connectivity index (χ4n) is 3.70. The van der Waals surface area contributed by atoms with Crippen LogP contribution in [0.15, 0.2) is 36.8 Å². The number of primary amides is 1. The number of amides is 4. The lowest BCUT2D eigenvalue weighted by Gasteiger charge is -2.28. The Labute approximate surface area is 224 Å². The van der Waals surface area contributed by atoms with Crippen molar-refractivity contribution in [3.8, 4) is 5.75 Å². The number of aromatic amines is 1. The third-order valence-electron chi connectivity index (χ3n) is 6.15. The topological polar surface area (TPSA) is 243 Å². The number of rotatable bonds is 15. The number of hydrogen-bond acceptors (Lipinski definition) is 8.